The maximum absolute atomic E-state index is 6.18. The summed E-state index contributed by atoms with van der Waals surface area (Å²) in [4.78, 5) is 9.21. The van der Waals surface area contributed by atoms with Crippen LogP contribution in [0.4, 0.5) is 0 Å². The van der Waals surface area contributed by atoms with Crippen molar-refractivity contribution in [2.75, 3.05) is 0 Å². The van der Waals surface area contributed by atoms with Crippen LogP contribution in [-0.4, -0.2) is 17.0 Å². The van der Waals surface area contributed by atoms with Crippen molar-refractivity contribution in [3.05, 3.63) is 71.8 Å². The third kappa shape index (κ3) is 4.54. The van der Waals surface area contributed by atoms with Gasteiger partial charge in [-0.2, -0.15) is 0 Å². The number of hydrogen-bond acceptors (Lipinski definition) is 1. The lowest BCUT2D eigenvalue weighted by Gasteiger charge is -2.07. The normalized spacial score (nSPS) is 14.0. The molecule has 2 nitrogen and oxygen atoms in total. The molecule has 0 saturated heterocycles. The SMILES string of the molecule is CCC(Cl)/N=C(\N=C(C)c1ccccc1)c1ccccc1. The summed E-state index contributed by atoms with van der Waals surface area (Å²) in [5.74, 6) is 0.679. The molecule has 3 heteroatoms. The first-order valence-electron chi connectivity index (χ1n) is 7.08. The monoisotopic (exact) mass is 298 g/mol. The average molecular weight is 299 g/mol. The van der Waals surface area contributed by atoms with Gasteiger partial charge in [-0.1, -0.05) is 79.2 Å². The fraction of sp³-hybridized carbons (Fsp3) is 0.222. The number of halogens is 1. The Morgan fingerprint density at radius 3 is 2.00 bits per heavy atom. The molecule has 21 heavy (non-hydrogen) atoms. The second-order valence-electron chi connectivity index (χ2n) is 4.72. The predicted molar refractivity (Wildman–Crippen MR) is 91.6 cm³/mol. The minimum Gasteiger partial charge on any atom is -0.247 e. The summed E-state index contributed by atoms with van der Waals surface area (Å²) < 4.78 is 0. The van der Waals surface area contributed by atoms with Crippen LogP contribution in [0.3, 0.4) is 0 Å². The molecule has 2 rings (SSSR count). The van der Waals surface area contributed by atoms with Crippen LogP contribution in [0.25, 0.3) is 0 Å². The topological polar surface area (TPSA) is 24.7 Å². The van der Waals surface area contributed by atoms with Gasteiger partial charge in [0.15, 0.2) is 5.84 Å². The maximum atomic E-state index is 6.18. The van der Waals surface area contributed by atoms with E-state index in [9.17, 15) is 0 Å². The lowest BCUT2D eigenvalue weighted by Crippen LogP contribution is -2.06. The van der Waals surface area contributed by atoms with Gasteiger partial charge in [0.25, 0.3) is 0 Å². The van der Waals surface area contributed by atoms with Crippen LogP contribution in [0.5, 0.6) is 0 Å². The van der Waals surface area contributed by atoms with Crippen LogP contribution < -0.4 is 0 Å². The van der Waals surface area contributed by atoms with Crippen molar-refractivity contribution < 1.29 is 0 Å². The van der Waals surface area contributed by atoms with E-state index >= 15 is 0 Å². The van der Waals surface area contributed by atoms with Gasteiger partial charge in [-0.15, -0.1) is 0 Å². The molecule has 1 unspecified atom stereocenters. The largest absolute Gasteiger partial charge is 0.247 e. The van der Waals surface area contributed by atoms with Gasteiger partial charge >= 0.3 is 0 Å². The molecule has 2 aromatic rings. The Kier molecular flexibility index (Phi) is 5.70. The zero-order valence-electron chi connectivity index (χ0n) is 12.3. The van der Waals surface area contributed by atoms with Crippen molar-refractivity contribution in [2.24, 2.45) is 9.98 Å². The predicted octanol–water partition coefficient (Wildman–Crippen LogP) is 4.92. The number of amidine groups is 1. The van der Waals surface area contributed by atoms with Crippen LogP contribution in [-0.2, 0) is 0 Å². The molecule has 0 aliphatic rings. The lowest BCUT2D eigenvalue weighted by atomic mass is 10.1. The summed E-state index contributed by atoms with van der Waals surface area (Å²) in [6, 6.07) is 20.0. The Labute approximate surface area is 131 Å². The Hall–Kier alpha value is -1.93. The summed E-state index contributed by atoms with van der Waals surface area (Å²) in [5, 5.41) is 0. The van der Waals surface area contributed by atoms with Gasteiger partial charge in [-0.25, -0.2) is 9.98 Å². The minimum atomic E-state index is -0.257. The van der Waals surface area contributed by atoms with Crippen LogP contribution in [0.15, 0.2) is 70.6 Å². The van der Waals surface area contributed by atoms with Crippen LogP contribution in [0.2, 0.25) is 0 Å². The summed E-state index contributed by atoms with van der Waals surface area (Å²) >= 11 is 6.18. The average Bonchev–Trinajstić information content (AvgIpc) is 2.55. The third-order valence-electron chi connectivity index (χ3n) is 3.10. The molecule has 108 valence electrons. The number of hydrogen-bond donors (Lipinski definition) is 0. The van der Waals surface area contributed by atoms with Crippen LogP contribution in [0, 0.1) is 0 Å². The Bertz CT molecular complexity index is 618. The summed E-state index contributed by atoms with van der Waals surface area (Å²) in [5.41, 5.74) is 2.74. The van der Waals surface area contributed by atoms with Crippen molar-refractivity contribution in [2.45, 2.75) is 25.8 Å². The smallest absolute Gasteiger partial charge is 0.156 e. The molecule has 0 N–H and O–H groups in total. The number of benzene rings is 2. The standard InChI is InChI=1S/C18H19ClN2/c1-3-17(19)21-18(16-12-8-5-9-13-16)20-14(2)15-10-6-4-7-11-15/h4-13,17H,3H2,1-2H3/b20-14?,21-18-. The number of nitrogens with zero attached hydrogens (tertiary/aromatic N) is 2. The first-order valence-corrected chi connectivity index (χ1v) is 7.52. The van der Waals surface area contributed by atoms with E-state index in [0.717, 1.165) is 23.3 Å². The van der Waals surface area contributed by atoms with Gasteiger partial charge in [-0.3, -0.25) is 0 Å². The summed E-state index contributed by atoms with van der Waals surface area (Å²) in [7, 11) is 0. The molecule has 0 bridgehead atoms. The van der Waals surface area contributed by atoms with E-state index < -0.39 is 0 Å². The second kappa shape index (κ2) is 7.75. The summed E-state index contributed by atoms with van der Waals surface area (Å²) in [6.45, 7) is 4.00. The van der Waals surface area contributed by atoms with Gasteiger partial charge in [0, 0.05) is 11.3 Å². The van der Waals surface area contributed by atoms with Crippen molar-refractivity contribution in [3.63, 3.8) is 0 Å². The Morgan fingerprint density at radius 2 is 1.48 bits per heavy atom. The highest BCUT2D eigenvalue weighted by Gasteiger charge is 2.06. The van der Waals surface area contributed by atoms with Crippen molar-refractivity contribution in [3.8, 4) is 0 Å². The quantitative estimate of drug-likeness (QED) is 0.331. The number of alkyl halides is 1. The van der Waals surface area contributed by atoms with E-state index in [0.29, 0.717) is 5.84 Å². The van der Waals surface area contributed by atoms with E-state index in [1.165, 1.54) is 0 Å². The number of aliphatic imine (C=N–C) groups is 2. The maximum Gasteiger partial charge on any atom is 0.156 e. The molecule has 2 aromatic carbocycles. The first kappa shape index (κ1) is 15.5. The van der Waals surface area contributed by atoms with Crippen molar-refractivity contribution in [1.29, 1.82) is 0 Å². The minimum absolute atomic E-state index is 0.257. The van der Waals surface area contributed by atoms with E-state index in [-0.39, 0.29) is 5.50 Å². The first-order chi connectivity index (χ1) is 10.2. The molecule has 1 atom stereocenters. The molecule has 0 spiro atoms. The fourth-order valence-corrected chi connectivity index (χ4v) is 1.97. The molecule has 0 heterocycles. The second-order valence-corrected chi connectivity index (χ2v) is 5.23. The molecular weight excluding hydrogens is 280 g/mol. The van der Waals surface area contributed by atoms with E-state index in [1.54, 1.807) is 0 Å². The molecule has 0 aliphatic carbocycles. The third-order valence-corrected chi connectivity index (χ3v) is 3.50. The fourth-order valence-electron chi connectivity index (χ4n) is 1.88. The van der Waals surface area contributed by atoms with Gasteiger partial charge in [0.05, 0.1) is 0 Å². The van der Waals surface area contributed by atoms with E-state index in [4.69, 9.17) is 11.6 Å². The molecular formula is C18H19ClN2. The van der Waals surface area contributed by atoms with Crippen LogP contribution >= 0.6 is 11.6 Å². The van der Waals surface area contributed by atoms with Gasteiger partial charge in [0.1, 0.15) is 5.50 Å². The van der Waals surface area contributed by atoms with Crippen molar-refractivity contribution >= 4 is 23.1 Å². The number of rotatable bonds is 4. The lowest BCUT2D eigenvalue weighted by molar-refractivity contribution is 0.857. The highest BCUT2D eigenvalue weighted by Crippen LogP contribution is 2.11. The van der Waals surface area contributed by atoms with Crippen LogP contribution in [0.1, 0.15) is 31.4 Å². The molecule has 0 saturated carbocycles. The van der Waals surface area contributed by atoms with Crippen molar-refractivity contribution in [1.82, 2.24) is 0 Å². The van der Waals surface area contributed by atoms with Gasteiger partial charge in [0.2, 0.25) is 0 Å². The molecule has 0 fully saturated rings. The van der Waals surface area contributed by atoms with Gasteiger partial charge < -0.3 is 0 Å². The zero-order chi connectivity index (χ0) is 15.1. The highest BCUT2D eigenvalue weighted by molar-refractivity contribution is 6.22. The molecule has 0 amide bonds. The molecule has 0 aliphatic heterocycles. The Morgan fingerprint density at radius 1 is 0.952 bits per heavy atom. The highest BCUT2D eigenvalue weighted by atomic mass is 35.5. The van der Waals surface area contributed by atoms with E-state index in [1.807, 2.05) is 74.5 Å². The Balaban J connectivity index is 2.39. The molecule has 0 aromatic heterocycles. The van der Waals surface area contributed by atoms with E-state index in [2.05, 4.69) is 9.98 Å². The zero-order valence-corrected chi connectivity index (χ0v) is 13.1. The summed E-state index contributed by atoms with van der Waals surface area (Å²) in [6.07, 6.45) is 0.776. The van der Waals surface area contributed by atoms with Gasteiger partial charge in [-0.05, 0) is 18.9 Å². The molecule has 0 radical (unpaired) electrons.